The van der Waals surface area contributed by atoms with Crippen LogP contribution in [-0.4, -0.2) is 33.5 Å². The molecule has 6 nitrogen and oxygen atoms in total. The van der Waals surface area contributed by atoms with Crippen molar-refractivity contribution in [3.8, 4) is 0 Å². The van der Waals surface area contributed by atoms with Gasteiger partial charge in [0.05, 0.1) is 10.9 Å². The number of nitrogens with one attached hydrogen (secondary N) is 2. The Labute approximate surface area is 107 Å². The third kappa shape index (κ3) is 4.44. The summed E-state index contributed by atoms with van der Waals surface area (Å²) in [5, 5.41) is 2.52. The first kappa shape index (κ1) is 14.6. The molecule has 100 valence electrons. The van der Waals surface area contributed by atoms with E-state index in [4.69, 9.17) is 5.73 Å². The molecule has 1 aromatic rings. The lowest BCUT2D eigenvalue weighted by molar-refractivity contribution is -0.121. The highest BCUT2D eigenvalue weighted by atomic mass is 32.2. The molecule has 0 aliphatic carbocycles. The van der Waals surface area contributed by atoms with Crippen LogP contribution >= 0.6 is 0 Å². The smallest absolute Gasteiger partial charge is 0.240 e. The second-order valence-electron chi connectivity index (χ2n) is 3.79. The third-order valence-corrected chi connectivity index (χ3v) is 3.66. The molecule has 1 aromatic carbocycles. The summed E-state index contributed by atoms with van der Waals surface area (Å²) in [6.07, 6.45) is 0. The van der Waals surface area contributed by atoms with Crippen LogP contribution in [-0.2, 0) is 14.8 Å². The normalized spacial score (nSPS) is 13.0. The maximum Gasteiger partial charge on any atom is 0.240 e. The van der Waals surface area contributed by atoms with E-state index in [9.17, 15) is 13.2 Å². The second-order valence-corrected chi connectivity index (χ2v) is 5.56. The Kier molecular flexibility index (Phi) is 5.26. The van der Waals surface area contributed by atoms with Crippen LogP contribution in [0.1, 0.15) is 6.92 Å². The Morgan fingerprint density at radius 3 is 2.44 bits per heavy atom. The van der Waals surface area contributed by atoms with E-state index in [1.807, 2.05) is 0 Å². The minimum absolute atomic E-state index is 0.121. The molecule has 0 saturated heterocycles. The van der Waals surface area contributed by atoms with Crippen molar-refractivity contribution in [2.24, 2.45) is 5.73 Å². The Balaban J connectivity index is 2.42. The van der Waals surface area contributed by atoms with E-state index in [-0.39, 0.29) is 23.9 Å². The molecule has 1 rings (SSSR count). The number of hydrogen-bond donors (Lipinski definition) is 3. The quantitative estimate of drug-likeness (QED) is 0.603. The monoisotopic (exact) mass is 271 g/mol. The standard InChI is InChI=1S/C11H17N3O3S/c1-9(12)11(15)13-7-8-14-18(16,17)10-5-3-2-4-6-10/h2-6,9,14H,7-8,12H2,1H3,(H,13,15)/t9-/m1/s1. The van der Waals surface area contributed by atoms with Gasteiger partial charge in [-0.2, -0.15) is 0 Å². The molecule has 0 saturated carbocycles. The minimum Gasteiger partial charge on any atom is -0.353 e. The Bertz CT molecular complexity index is 486. The minimum atomic E-state index is -3.51. The fourth-order valence-corrected chi connectivity index (χ4v) is 2.27. The van der Waals surface area contributed by atoms with E-state index >= 15 is 0 Å². The average Bonchev–Trinajstić information content (AvgIpc) is 2.35. The molecule has 0 aliphatic rings. The van der Waals surface area contributed by atoms with Crippen LogP contribution in [0.2, 0.25) is 0 Å². The topological polar surface area (TPSA) is 101 Å². The summed E-state index contributed by atoms with van der Waals surface area (Å²) in [7, 11) is -3.51. The molecule has 0 aliphatic heterocycles. The summed E-state index contributed by atoms with van der Waals surface area (Å²) in [6.45, 7) is 1.88. The van der Waals surface area contributed by atoms with E-state index in [0.717, 1.165) is 0 Å². The van der Waals surface area contributed by atoms with Crippen molar-refractivity contribution in [2.45, 2.75) is 17.9 Å². The maximum absolute atomic E-state index is 11.8. The summed E-state index contributed by atoms with van der Waals surface area (Å²) in [5.74, 6) is -0.311. The van der Waals surface area contributed by atoms with E-state index in [1.54, 1.807) is 25.1 Å². The number of carbonyl (C=O) groups excluding carboxylic acids is 1. The molecule has 18 heavy (non-hydrogen) atoms. The summed E-state index contributed by atoms with van der Waals surface area (Å²) in [4.78, 5) is 11.3. The highest BCUT2D eigenvalue weighted by Gasteiger charge is 2.12. The fraction of sp³-hybridized carbons (Fsp3) is 0.364. The van der Waals surface area contributed by atoms with E-state index in [1.165, 1.54) is 12.1 Å². The van der Waals surface area contributed by atoms with Crippen molar-refractivity contribution in [2.75, 3.05) is 13.1 Å². The van der Waals surface area contributed by atoms with Crippen LogP contribution in [0.25, 0.3) is 0 Å². The zero-order valence-corrected chi connectivity index (χ0v) is 10.9. The summed E-state index contributed by atoms with van der Waals surface area (Å²) >= 11 is 0. The van der Waals surface area contributed by atoms with Crippen LogP contribution in [0.15, 0.2) is 35.2 Å². The van der Waals surface area contributed by atoms with Crippen LogP contribution in [0.3, 0.4) is 0 Å². The number of hydrogen-bond acceptors (Lipinski definition) is 4. The lowest BCUT2D eigenvalue weighted by Gasteiger charge is -2.09. The number of nitrogens with two attached hydrogens (primary N) is 1. The number of amides is 1. The van der Waals surface area contributed by atoms with E-state index < -0.39 is 16.1 Å². The number of sulfonamides is 1. The highest BCUT2D eigenvalue weighted by Crippen LogP contribution is 2.06. The maximum atomic E-state index is 11.8. The predicted octanol–water partition coefficient (Wildman–Crippen LogP) is -0.572. The SMILES string of the molecule is C[C@@H](N)C(=O)NCCNS(=O)(=O)c1ccccc1. The molecule has 0 radical (unpaired) electrons. The van der Waals surface area contributed by atoms with Gasteiger partial charge in [-0.1, -0.05) is 18.2 Å². The van der Waals surface area contributed by atoms with Gasteiger partial charge < -0.3 is 11.1 Å². The van der Waals surface area contributed by atoms with Crippen molar-refractivity contribution < 1.29 is 13.2 Å². The first-order chi connectivity index (χ1) is 8.43. The molecule has 1 amide bonds. The van der Waals surface area contributed by atoms with Crippen molar-refractivity contribution in [1.82, 2.24) is 10.0 Å². The van der Waals surface area contributed by atoms with Gasteiger partial charge in [-0.05, 0) is 19.1 Å². The Hall–Kier alpha value is -1.44. The molecular weight excluding hydrogens is 254 g/mol. The third-order valence-electron chi connectivity index (χ3n) is 2.18. The number of benzene rings is 1. The van der Waals surface area contributed by atoms with Gasteiger partial charge in [0.25, 0.3) is 0 Å². The van der Waals surface area contributed by atoms with Crippen molar-refractivity contribution >= 4 is 15.9 Å². The van der Waals surface area contributed by atoms with Crippen LogP contribution in [0, 0.1) is 0 Å². The van der Waals surface area contributed by atoms with Gasteiger partial charge in [0, 0.05) is 13.1 Å². The summed E-state index contributed by atoms with van der Waals surface area (Å²) in [6, 6.07) is 7.43. The predicted molar refractivity (Wildman–Crippen MR) is 68.3 cm³/mol. The molecule has 0 fully saturated rings. The average molecular weight is 271 g/mol. The molecule has 7 heteroatoms. The lowest BCUT2D eigenvalue weighted by Crippen LogP contribution is -2.41. The van der Waals surface area contributed by atoms with Crippen molar-refractivity contribution in [1.29, 1.82) is 0 Å². The number of rotatable bonds is 6. The van der Waals surface area contributed by atoms with Crippen LogP contribution < -0.4 is 15.8 Å². The van der Waals surface area contributed by atoms with Gasteiger partial charge in [-0.15, -0.1) is 0 Å². The molecule has 0 spiro atoms. The van der Waals surface area contributed by atoms with Crippen LogP contribution in [0.4, 0.5) is 0 Å². The molecule has 0 unspecified atom stereocenters. The largest absolute Gasteiger partial charge is 0.353 e. The number of carbonyl (C=O) groups is 1. The first-order valence-electron chi connectivity index (χ1n) is 5.51. The van der Waals surface area contributed by atoms with Gasteiger partial charge in [0.1, 0.15) is 0 Å². The van der Waals surface area contributed by atoms with Gasteiger partial charge in [-0.3, -0.25) is 4.79 Å². The Morgan fingerprint density at radius 2 is 1.89 bits per heavy atom. The highest BCUT2D eigenvalue weighted by molar-refractivity contribution is 7.89. The van der Waals surface area contributed by atoms with Gasteiger partial charge in [0.2, 0.25) is 15.9 Å². The van der Waals surface area contributed by atoms with Crippen LogP contribution in [0.5, 0.6) is 0 Å². The zero-order chi connectivity index (χ0) is 13.6. The lowest BCUT2D eigenvalue weighted by atomic mass is 10.3. The van der Waals surface area contributed by atoms with E-state index in [2.05, 4.69) is 10.0 Å². The first-order valence-corrected chi connectivity index (χ1v) is 7.00. The molecule has 0 heterocycles. The molecule has 1 atom stereocenters. The summed E-state index contributed by atoms with van der Waals surface area (Å²) in [5.41, 5.74) is 5.34. The van der Waals surface area contributed by atoms with Gasteiger partial charge >= 0.3 is 0 Å². The molecule has 0 aromatic heterocycles. The van der Waals surface area contributed by atoms with Gasteiger partial charge in [0.15, 0.2) is 0 Å². The van der Waals surface area contributed by atoms with Crippen molar-refractivity contribution in [3.63, 3.8) is 0 Å². The Morgan fingerprint density at radius 1 is 1.28 bits per heavy atom. The van der Waals surface area contributed by atoms with E-state index in [0.29, 0.717) is 0 Å². The second kappa shape index (κ2) is 6.48. The molecule has 4 N–H and O–H groups in total. The zero-order valence-electron chi connectivity index (χ0n) is 10.1. The van der Waals surface area contributed by atoms with Gasteiger partial charge in [-0.25, -0.2) is 13.1 Å². The van der Waals surface area contributed by atoms with Crippen molar-refractivity contribution in [3.05, 3.63) is 30.3 Å². The molecule has 0 bridgehead atoms. The fourth-order valence-electron chi connectivity index (χ4n) is 1.22. The summed E-state index contributed by atoms with van der Waals surface area (Å²) < 4.78 is 25.9. The molecular formula is C11H17N3O3S.